The van der Waals surface area contributed by atoms with Crippen LogP contribution in [0.4, 0.5) is 5.69 Å². The molecule has 0 bridgehead atoms. The quantitative estimate of drug-likeness (QED) is 0.581. The summed E-state index contributed by atoms with van der Waals surface area (Å²) in [7, 11) is 0. The number of hydrogen-bond acceptors (Lipinski definition) is 5. The van der Waals surface area contributed by atoms with E-state index in [1.165, 1.54) is 11.3 Å². The number of rotatable bonds is 3. The Hall–Kier alpha value is -2.71. The average Bonchev–Trinajstić information content (AvgIpc) is 2.95. The van der Waals surface area contributed by atoms with E-state index >= 15 is 0 Å². The van der Waals surface area contributed by atoms with E-state index in [4.69, 9.17) is 0 Å². The van der Waals surface area contributed by atoms with Crippen molar-refractivity contribution < 1.29 is 0 Å². The summed E-state index contributed by atoms with van der Waals surface area (Å²) in [6.45, 7) is 4.02. The number of hydrogen-bond donors (Lipinski definition) is 1. The minimum absolute atomic E-state index is 0.294. The maximum atomic E-state index is 9.35. The third-order valence-electron chi connectivity index (χ3n) is 3.28. The van der Waals surface area contributed by atoms with E-state index in [1.807, 2.05) is 56.3 Å². The summed E-state index contributed by atoms with van der Waals surface area (Å²) in [6, 6.07) is 16.0. The Labute approximate surface area is 132 Å². The molecule has 0 unspecified atom stereocenters. The Morgan fingerprint density at radius 3 is 2.82 bits per heavy atom. The van der Waals surface area contributed by atoms with Crippen LogP contribution in [0.5, 0.6) is 0 Å². The summed E-state index contributed by atoms with van der Waals surface area (Å²) >= 11 is 1.47. The molecule has 0 amide bonds. The van der Waals surface area contributed by atoms with Crippen molar-refractivity contribution in [2.24, 2.45) is 5.10 Å². The van der Waals surface area contributed by atoms with Gasteiger partial charge in [-0.05, 0) is 43.2 Å². The van der Waals surface area contributed by atoms with Crippen molar-refractivity contribution in [1.82, 2.24) is 4.98 Å². The second-order valence-electron chi connectivity index (χ2n) is 4.99. The first-order chi connectivity index (χ1) is 10.7. The number of fused-ring (bicyclic) bond motifs is 1. The first-order valence-corrected chi connectivity index (χ1v) is 7.66. The SMILES string of the molecule is Cc1ccc(C)c(N/N=C(/C#N)c2nc3ccccc3s2)c1. The maximum Gasteiger partial charge on any atom is 0.196 e. The predicted molar refractivity (Wildman–Crippen MR) is 91.3 cm³/mol. The van der Waals surface area contributed by atoms with Gasteiger partial charge in [0.1, 0.15) is 6.07 Å². The first kappa shape index (κ1) is 14.2. The summed E-state index contributed by atoms with van der Waals surface area (Å²) in [6.07, 6.45) is 0. The molecule has 0 saturated carbocycles. The summed E-state index contributed by atoms with van der Waals surface area (Å²) in [5.74, 6) is 0. The summed E-state index contributed by atoms with van der Waals surface area (Å²) in [5, 5.41) is 14.2. The number of hydrazone groups is 1. The van der Waals surface area contributed by atoms with Crippen LogP contribution in [0.1, 0.15) is 16.1 Å². The lowest BCUT2D eigenvalue weighted by atomic mass is 10.1. The third-order valence-corrected chi connectivity index (χ3v) is 4.33. The van der Waals surface area contributed by atoms with Crippen LogP contribution in [0.25, 0.3) is 10.2 Å². The first-order valence-electron chi connectivity index (χ1n) is 6.84. The fraction of sp³-hybridized carbons (Fsp3) is 0.118. The molecular weight excluding hydrogens is 292 g/mol. The zero-order valence-electron chi connectivity index (χ0n) is 12.3. The highest BCUT2D eigenvalue weighted by atomic mass is 32.1. The van der Waals surface area contributed by atoms with Gasteiger partial charge in [-0.2, -0.15) is 10.4 Å². The van der Waals surface area contributed by atoms with Gasteiger partial charge in [0, 0.05) is 0 Å². The number of nitrogens with zero attached hydrogens (tertiary/aromatic N) is 3. The molecule has 3 rings (SSSR count). The number of benzene rings is 2. The smallest absolute Gasteiger partial charge is 0.196 e. The van der Waals surface area contributed by atoms with Gasteiger partial charge in [0.15, 0.2) is 10.7 Å². The van der Waals surface area contributed by atoms with Gasteiger partial charge in [0.25, 0.3) is 0 Å². The van der Waals surface area contributed by atoms with Crippen LogP contribution in [-0.4, -0.2) is 10.7 Å². The Bertz CT molecular complexity index is 869. The zero-order valence-corrected chi connectivity index (χ0v) is 13.1. The molecule has 0 aliphatic rings. The van der Waals surface area contributed by atoms with Crippen molar-refractivity contribution in [3.05, 3.63) is 58.6 Å². The highest BCUT2D eigenvalue weighted by molar-refractivity contribution is 7.20. The Morgan fingerprint density at radius 2 is 2.05 bits per heavy atom. The molecule has 108 valence electrons. The number of nitrogens with one attached hydrogen (secondary N) is 1. The molecule has 1 aromatic heterocycles. The Balaban J connectivity index is 1.93. The Kier molecular flexibility index (Phi) is 3.86. The van der Waals surface area contributed by atoms with Crippen molar-refractivity contribution in [3.8, 4) is 6.07 Å². The standard InChI is InChI=1S/C17H14N4S/c1-11-7-8-12(2)14(9-11)20-21-15(10-18)17-19-13-5-3-4-6-16(13)22-17/h3-9,20H,1-2H3/b21-15-. The van der Waals surface area contributed by atoms with Crippen LogP contribution in [-0.2, 0) is 0 Å². The van der Waals surface area contributed by atoms with Crippen molar-refractivity contribution >= 4 is 33.0 Å². The van der Waals surface area contributed by atoms with E-state index in [0.717, 1.165) is 27.0 Å². The highest BCUT2D eigenvalue weighted by Crippen LogP contribution is 2.22. The number of aryl methyl sites for hydroxylation is 2. The molecule has 5 heteroatoms. The van der Waals surface area contributed by atoms with E-state index in [2.05, 4.69) is 21.6 Å². The van der Waals surface area contributed by atoms with Gasteiger partial charge < -0.3 is 0 Å². The number of anilines is 1. The minimum Gasteiger partial charge on any atom is -0.277 e. The lowest BCUT2D eigenvalue weighted by Gasteiger charge is -2.05. The normalized spacial score (nSPS) is 11.4. The van der Waals surface area contributed by atoms with Crippen molar-refractivity contribution in [2.75, 3.05) is 5.43 Å². The molecule has 0 saturated heterocycles. The van der Waals surface area contributed by atoms with Crippen LogP contribution < -0.4 is 5.43 Å². The van der Waals surface area contributed by atoms with Gasteiger partial charge in [0.05, 0.1) is 15.9 Å². The van der Waals surface area contributed by atoms with E-state index in [0.29, 0.717) is 10.7 Å². The molecule has 0 atom stereocenters. The number of nitriles is 1. The minimum atomic E-state index is 0.294. The number of thiazole rings is 1. The molecular formula is C17H14N4S. The summed E-state index contributed by atoms with van der Waals surface area (Å²) in [4.78, 5) is 4.46. The average molecular weight is 306 g/mol. The molecule has 22 heavy (non-hydrogen) atoms. The number of aromatic nitrogens is 1. The maximum absolute atomic E-state index is 9.35. The third kappa shape index (κ3) is 2.83. The monoisotopic (exact) mass is 306 g/mol. The van der Waals surface area contributed by atoms with Gasteiger partial charge in [0.2, 0.25) is 0 Å². The molecule has 1 heterocycles. The molecule has 1 N–H and O–H groups in total. The van der Waals surface area contributed by atoms with Crippen LogP contribution in [0, 0.1) is 25.2 Å². The van der Waals surface area contributed by atoms with Crippen molar-refractivity contribution in [3.63, 3.8) is 0 Å². The zero-order chi connectivity index (χ0) is 15.5. The van der Waals surface area contributed by atoms with Gasteiger partial charge in [-0.3, -0.25) is 5.43 Å². The van der Waals surface area contributed by atoms with Crippen LogP contribution >= 0.6 is 11.3 Å². The molecule has 0 aliphatic heterocycles. The van der Waals surface area contributed by atoms with Gasteiger partial charge in [-0.1, -0.05) is 24.3 Å². The Morgan fingerprint density at radius 1 is 1.23 bits per heavy atom. The topological polar surface area (TPSA) is 61.1 Å². The van der Waals surface area contributed by atoms with Crippen molar-refractivity contribution in [1.29, 1.82) is 5.26 Å². The molecule has 0 aliphatic carbocycles. The van der Waals surface area contributed by atoms with E-state index in [1.54, 1.807) is 0 Å². The second kappa shape index (κ2) is 5.96. The predicted octanol–water partition coefficient (Wildman–Crippen LogP) is 4.25. The second-order valence-corrected chi connectivity index (χ2v) is 6.02. The fourth-order valence-corrected chi connectivity index (χ4v) is 2.97. The molecule has 3 aromatic rings. The van der Waals surface area contributed by atoms with E-state index in [9.17, 15) is 5.26 Å². The fourth-order valence-electron chi connectivity index (χ4n) is 2.07. The summed E-state index contributed by atoms with van der Waals surface area (Å²) < 4.78 is 1.05. The molecule has 0 spiro atoms. The van der Waals surface area contributed by atoms with Crippen LogP contribution in [0.15, 0.2) is 47.6 Å². The molecule has 4 nitrogen and oxygen atoms in total. The van der Waals surface area contributed by atoms with Gasteiger partial charge in [-0.25, -0.2) is 4.98 Å². The summed E-state index contributed by atoms with van der Waals surface area (Å²) in [5.41, 5.74) is 7.28. The van der Waals surface area contributed by atoms with Gasteiger partial charge in [-0.15, -0.1) is 11.3 Å². The van der Waals surface area contributed by atoms with Crippen molar-refractivity contribution in [2.45, 2.75) is 13.8 Å². The number of para-hydroxylation sites is 1. The molecule has 0 radical (unpaired) electrons. The lowest BCUT2D eigenvalue weighted by Crippen LogP contribution is -2.02. The lowest BCUT2D eigenvalue weighted by molar-refractivity contribution is 1.28. The molecule has 0 fully saturated rings. The largest absolute Gasteiger partial charge is 0.277 e. The van der Waals surface area contributed by atoms with Crippen LogP contribution in [0.3, 0.4) is 0 Å². The van der Waals surface area contributed by atoms with Gasteiger partial charge >= 0.3 is 0 Å². The van der Waals surface area contributed by atoms with Crippen LogP contribution in [0.2, 0.25) is 0 Å². The highest BCUT2D eigenvalue weighted by Gasteiger charge is 2.10. The molecule has 2 aromatic carbocycles. The van der Waals surface area contributed by atoms with E-state index in [-0.39, 0.29) is 0 Å². The van der Waals surface area contributed by atoms with E-state index < -0.39 is 0 Å².